The first-order chi connectivity index (χ1) is 9.10. The molecule has 0 saturated carbocycles. The van der Waals surface area contributed by atoms with Crippen molar-refractivity contribution in [3.63, 3.8) is 0 Å². The number of benzene rings is 1. The lowest BCUT2D eigenvalue weighted by molar-refractivity contribution is -0.385. The van der Waals surface area contributed by atoms with Gasteiger partial charge in [0.25, 0.3) is 0 Å². The van der Waals surface area contributed by atoms with Crippen molar-refractivity contribution >= 4 is 11.4 Å². The van der Waals surface area contributed by atoms with Crippen molar-refractivity contribution in [2.24, 2.45) is 0 Å². The van der Waals surface area contributed by atoms with Crippen molar-refractivity contribution in [1.29, 1.82) is 0 Å². The normalized spacial score (nSPS) is 11.9. The molecule has 0 radical (unpaired) electrons. The molecule has 2 N–H and O–H groups in total. The molecular formula is C13H20N2O4. The highest BCUT2D eigenvalue weighted by atomic mass is 16.6. The number of nitrogens with one attached hydrogen (secondary N) is 1. The number of para-hydroxylation sites is 1. The van der Waals surface area contributed by atoms with E-state index in [0.717, 1.165) is 6.42 Å². The Morgan fingerprint density at radius 3 is 2.84 bits per heavy atom. The number of anilines is 1. The summed E-state index contributed by atoms with van der Waals surface area (Å²) in [4.78, 5) is 10.7. The SMILES string of the molecule is CCCOc1cccc(NC(C)CCO)c1[N+](=O)[O-]. The van der Waals surface area contributed by atoms with Crippen molar-refractivity contribution in [2.45, 2.75) is 32.7 Å². The number of hydrogen-bond donors (Lipinski definition) is 2. The molecule has 0 aliphatic heterocycles. The second-order valence-electron chi connectivity index (χ2n) is 4.32. The summed E-state index contributed by atoms with van der Waals surface area (Å²) in [6.07, 6.45) is 1.31. The Balaban J connectivity index is 2.99. The van der Waals surface area contributed by atoms with E-state index in [1.54, 1.807) is 18.2 Å². The molecule has 6 heteroatoms. The second kappa shape index (κ2) is 7.58. The molecule has 0 fully saturated rings. The van der Waals surface area contributed by atoms with Gasteiger partial charge in [-0.15, -0.1) is 0 Å². The first kappa shape index (κ1) is 15.2. The van der Waals surface area contributed by atoms with Crippen molar-refractivity contribution in [2.75, 3.05) is 18.5 Å². The molecule has 1 atom stereocenters. The van der Waals surface area contributed by atoms with E-state index in [4.69, 9.17) is 9.84 Å². The summed E-state index contributed by atoms with van der Waals surface area (Å²) in [7, 11) is 0. The van der Waals surface area contributed by atoms with Crippen LogP contribution < -0.4 is 10.1 Å². The molecular weight excluding hydrogens is 248 g/mol. The van der Waals surface area contributed by atoms with Crippen LogP contribution in [0.25, 0.3) is 0 Å². The maximum atomic E-state index is 11.2. The van der Waals surface area contributed by atoms with Gasteiger partial charge in [-0.25, -0.2) is 0 Å². The molecule has 0 aliphatic carbocycles. The minimum absolute atomic E-state index is 0.0357. The van der Waals surface area contributed by atoms with Gasteiger partial charge in [-0.2, -0.15) is 0 Å². The number of nitro groups is 1. The number of rotatable bonds is 8. The smallest absolute Gasteiger partial charge is 0.333 e. The van der Waals surface area contributed by atoms with E-state index in [-0.39, 0.29) is 24.1 Å². The molecule has 0 amide bonds. The van der Waals surface area contributed by atoms with E-state index in [2.05, 4.69) is 5.32 Å². The molecule has 19 heavy (non-hydrogen) atoms. The fourth-order valence-electron chi connectivity index (χ4n) is 1.69. The fraction of sp³-hybridized carbons (Fsp3) is 0.538. The summed E-state index contributed by atoms with van der Waals surface area (Å²) in [5.74, 6) is 0.271. The van der Waals surface area contributed by atoms with E-state index in [0.29, 0.717) is 18.7 Å². The molecule has 0 spiro atoms. The van der Waals surface area contributed by atoms with E-state index in [9.17, 15) is 10.1 Å². The van der Waals surface area contributed by atoms with Crippen LogP contribution in [-0.2, 0) is 0 Å². The Morgan fingerprint density at radius 1 is 1.53 bits per heavy atom. The summed E-state index contributed by atoms with van der Waals surface area (Å²) in [6.45, 7) is 4.28. The van der Waals surface area contributed by atoms with Crippen LogP contribution in [0.15, 0.2) is 18.2 Å². The maximum Gasteiger partial charge on any atom is 0.333 e. The second-order valence-corrected chi connectivity index (χ2v) is 4.32. The Bertz CT molecular complexity index is 423. The van der Waals surface area contributed by atoms with E-state index in [1.165, 1.54) is 0 Å². The van der Waals surface area contributed by atoms with Gasteiger partial charge in [0.2, 0.25) is 0 Å². The highest BCUT2D eigenvalue weighted by Gasteiger charge is 2.21. The molecule has 0 heterocycles. The van der Waals surface area contributed by atoms with Crippen LogP contribution in [0, 0.1) is 10.1 Å². The van der Waals surface area contributed by atoms with Crippen molar-refractivity contribution in [3.8, 4) is 5.75 Å². The molecule has 6 nitrogen and oxygen atoms in total. The highest BCUT2D eigenvalue weighted by molar-refractivity contribution is 5.68. The van der Waals surface area contributed by atoms with Crippen LogP contribution in [0.3, 0.4) is 0 Å². The molecule has 0 saturated heterocycles. The Kier molecular flexibility index (Phi) is 6.08. The highest BCUT2D eigenvalue weighted by Crippen LogP contribution is 2.35. The number of nitro benzene ring substituents is 1. The monoisotopic (exact) mass is 268 g/mol. The Labute approximate surface area is 112 Å². The molecule has 1 aromatic carbocycles. The van der Waals surface area contributed by atoms with Crippen LogP contribution in [0.1, 0.15) is 26.7 Å². The lowest BCUT2D eigenvalue weighted by Gasteiger charge is -2.15. The lowest BCUT2D eigenvalue weighted by atomic mass is 10.2. The molecule has 0 bridgehead atoms. The van der Waals surface area contributed by atoms with Gasteiger partial charge in [0.1, 0.15) is 5.69 Å². The van der Waals surface area contributed by atoms with Gasteiger partial charge >= 0.3 is 5.69 Å². The zero-order chi connectivity index (χ0) is 14.3. The summed E-state index contributed by atoms with van der Waals surface area (Å²) in [6, 6.07) is 4.90. The fourth-order valence-corrected chi connectivity index (χ4v) is 1.69. The zero-order valence-electron chi connectivity index (χ0n) is 11.3. The van der Waals surface area contributed by atoms with Crippen molar-refractivity contribution in [1.82, 2.24) is 0 Å². The Morgan fingerprint density at radius 2 is 2.26 bits per heavy atom. The largest absolute Gasteiger partial charge is 0.487 e. The van der Waals surface area contributed by atoms with Crippen molar-refractivity contribution < 1.29 is 14.8 Å². The van der Waals surface area contributed by atoms with E-state index < -0.39 is 4.92 Å². The molecule has 0 aliphatic rings. The third kappa shape index (κ3) is 4.40. The lowest BCUT2D eigenvalue weighted by Crippen LogP contribution is -2.17. The molecule has 1 rings (SSSR count). The standard InChI is InChI=1S/C13H20N2O4/c1-3-9-19-12-6-4-5-11(13(12)15(17)18)14-10(2)7-8-16/h4-6,10,14,16H,3,7-9H2,1-2H3. The zero-order valence-corrected chi connectivity index (χ0v) is 11.3. The van der Waals surface area contributed by atoms with Gasteiger partial charge in [0.05, 0.1) is 11.5 Å². The van der Waals surface area contributed by atoms with Gasteiger partial charge < -0.3 is 15.2 Å². The van der Waals surface area contributed by atoms with E-state index in [1.807, 2.05) is 13.8 Å². The van der Waals surface area contributed by atoms with Gasteiger partial charge in [-0.05, 0) is 31.9 Å². The third-order valence-corrected chi connectivity index (χ3v) is 2.61. The van der Waals surface area contributed by atoms with Gasteiger partial charge in [-0.3, -0.25) is 10.1 Å². The number of hydrogen-bond acceptors (Lipinski definition) is 5. The van der Waals surface area contributed by atoms with Crippen LogP contribution in [0.5, 0.6) is 5.75 Å². The number of ether oxygens (including phenoxy) is 1. The van der Waals surface area contributed by atoms with Gasteiger partial charge in [-0.1, -0.05) is 13.0 Å². The predicted octanol–water partition coefficient (Wildman–Crippen LogP) is 2.57. The van der Waals surface area contributed by atoms with Crippen molar-refractivity contribution in [3.05, 3.63) is 28.3 Å². The topological polar surface area (TPSA) is 84.6 Å². The first-order valence-corrected chi connectivity index (χ1v) is 6.37. The average molecular weight is 268 g/mol. The maximum absolute atomic E-state index is 11.2. The van der Waals surface area contributed by atoms with Crippen LogP contribution >= 0.6 is 0 Å². The average Bonchev–Trinajstić information content (AvgIpc) is 2.36. The summed E-state index contributed by atoms with van der Waals surface area (Å²) in [5, 5.41) is 23.1. The van der Waals surface area contributed by atoms with Crippen LogP contribution in [0.4, 0.5) is 11.4 Å². The minimum atomic E-state index is -0.445. The summed E-state index contributed by atoms with van der Waals surface area (Å²) in [5.41, 5.74) is 0.361. The molecule has 0 aromatic heterocycles. The van der Waals surface area contributed by atoms with E-state index >= 15 is 0 Å². The number of aliphatic hydroxyl groups is 1. The van der Waals surface area contributed by atoms with Gasteiger partial charge in [0.15, 0.2) is 5.75 Å². The van der Waals surface area contributed by atoms with Crippen LogP contribution in [-0.4, -0.2) is 29.3 Å². The Hall–Kier alpha value is -1.82. The third-order valence-electron chi connectivity index (χ3n) is 2.61. The first-order valence-electron chi connectivity index (χ1n) is 6.37. The van der Waals surface area contributed by atoms with Gasteiger partial charge in [0, 0.05) is 12.6 Å². The summed E-state index contributed by atoms with van der Waals surface area (Å²) >= 11 is 0. The minimum Gasteiger partial charge on any atom is -0.487 e. The quantitative estimate of drug-likeness (QED) is 0.559. The number of aliphatic hydroxyl groups excluding tert-OH is 1. The predicted molar refractivity (Wildman–Crippen MR) is 73.7 cm³/mol. The van der Waals surface area contributed by atoms with Crippen LogP contribution in [0.2, 0.25) is 0 Å². The molecule has 1 unspecified atom stereocenters. The molecule has 106 valence electrons. The number of nitrogens with zero attached hydrogens (tertiary/aromatic N) is 1. The summed E-state index contributed by atoms with van der Waals surface area (Å²) < 4.78 is 5.40. The molecule has 1 aromatic rings.